The molecule has 0 bridgehead atoms. The van der Waals surface area contributed by atoms with Crippen molar-refractivity contribution in [3.63, 3.8) is 0 Å². The second-order valence-electron chi connectivity index (χ2n) is 4.26. The molecule has 0 aliphatic heterocycles. The lowest BCUT2D eigenvalue weighted by Crippen LogP contribution is -2.12. The van der Waals surface area contributed by atoms with Crippen LogP contribution in [-0.4, -0.2) is 11.1 Å². The van der Waals surface area contributed by atoms with Gasteiger partial charge in [0.2, 0.25) is 5.76 Å². The van der Waals surface area contributed by atoms with E-state index in [2.05, 4.69) is 5.32 Å². The van der Waals surface area contributed by atoms with Crippen molar-refractivity contribution in [1.29, 1.82) is 0 Å². The molecule has 0 spiro atoms. The van der Waals surface area contributed by atoms with Crippen LogP contribution in [0.2, 0.25) is 0 Å². The van der Waals surface area contributed by atoms with Crippen LogP contribution in [0.3, 0.4) is 0 Å². The van der Waals surface area contributed by atoms with E-state index in [0.29, 0.717) is 24.4 Å². The van der Waals surface area contributed by atoms with E-state index < -0.39 is 5.97 Å². The molecule has 1 aromatic heterocycles. The lowest BCUT2D eigenvalue weighted by atomic mass is 10.2. The number of halogens is 1. The van der Waals surface area contributed by atoms with Crippen molar-refractivity contribution in [3.05, 3.63) is 58.8 Å². The summed E-state index contributed by atoms with van der Waals surface area (Å²) in [5.41, 5.74) is 1.55. The number of furan rings is 1. The van der Waals surface area contributed by atoms with Crippen LogP contribution in [0, 0.1) is 12.7 Å². The van der Waals surface area contributed by atoms with Gasteiger partial charge in [-0.25, -0.2) is 9.18 Å². The lowest BCUT2D eigenvalue weighted by Gasteiger charge is -2.02. The molecule has 0 atom stereocenters. The van der Waals surface area contributed by atoms with Crippen LogP contribution >= 0.6 is 0 Å². The van der Waals surface area contributed by atoms with Gasteiger partial charge in [0.25, 0.3) is 0 Å². The van der Waals surface area contributed by atoms with Gasteiger partial charge in [-0.2, -0.15) is 0 Å². The van der Waals surface area contributed by atoms with E-state index in [4.69, 9.17) is 9.52 Å². The van der Waals surface area contributed by atoms with Gasteiger partial charge in [0.15, 0.2) is 0 Å². The third kappa shape index (κ3) is 3.42. The monoisotopic (exact) mass is 263 g/mol. The van der Waals surface area contributed by atoms with Crippen LogP contribution in [0.4, 0.5) is 4.39 Å². The molecule has 4 nitrogen and oxygen atoms in total. The summed E-state index contributed by atoms with van der Waals surface area (Å²) in [5, 5.41) is 12.0. The van der Waals surface area contributed by atoms with Crippen molar-refractivity contribution >= 4 is 5.97 Å². The summed E-state index contributed by atoms with van der Waals surface area (Å²) in [6, 6.07) is 7.88. The highest BCUT2D eigenvalue weighted by Gasteiger charge is 2.13. The zero-order valence-corrected chi connectivity index (χ0v) is 10.4. The Morgan fingerprint density at radius 3 is 2.58 bits per heavy atom. The number of carboxylic acid groups (broad SMARTS) is 1. The number of hydrogen-bond donors (Lipinski definition) is 2. The summed E-state index contributed by atoms with van der Waals surface area (Å²) in [5.74, 6) is -0.797. The highest BCUT2D eigenvalue weighted by atomic mass is 19.1. The number of rotatable bonds is 5. The third-order valence-corrected chi connectivity index (χ3v) is 2.70. The molecule has 0 saturated heterocycles. The fourth-order valence-electron chi connectivity index (χ4n) is 1.78. The van der Waals surface area contributed by atoms with Crippen molar-refractivity contribution in [2.24, 2.45) is 0 Å². The Bertz CT molecular complexity index is 575. The normalized spacial score (nSPS) is 10.6. The van der Waals surface area contributed by atoms with Crippen molar-refractivity contribution in [2.45, 2.75) is 20.0 Å². The Morgan fingerprint density at radius 2 is 2.00 bits per heavy atom. The maximum Gasteiger partial charge on any atom is 0.372 e. The fourth-order valence-corrected chi connectivity index (χ4v) is 1.78. The smallest absolute Gasteiger partial charge is 0.372 e. The Labute approximate surface area is 109 Å². The molecule has 5 heteroatoms. The molecule has 2 rings (SSSR count). The van der Waals surface area contributed by atoms with Gasteiger partial charge < -0.3 is 14.8 Å². The molecular weight excluding hydrogens is 249 g/mol. The highest BCUT2D eigenvalue weighted by Crippen LogP contribution is 2.14. The molecule has 1 heterocycles. The first kappa shape index (κ1) is 13.3. The molecule has 0 saturated carbocycles. The van der Waals surface area contributed by atoms with Crippen LogP contribution in [-0.2, 0) is 13.1 Å². The maximum absolute atomic E-state index is 12.7. The number of carbonyl (C=O) groups is 1. The minimum atomic E-state index is -1.07. The standard InChI is InChI=1S/C14H14FNO3/c1-9-6-12(19-13(9)14(17)18)8-16-7-10-2-4-11(15)5-3-10/h2-6,16H,7-8H2,1H3,(H,17,18). The molecule has 2 aromatic rings. The first-order valence-electron chi connectivity index (χ1n) is 5.84. The molecule has 2 N–H and O–H groups in total. The van der Waals surface area contributed by atoms with E-state index >= 15 is 0 Å². The second kappa shape index (κ2) is 5.67. The Balaban J connectivity index is 1.90. The quantitative estimate of drug-likeness (QED) is 0.870. The van der Waals surface area contributed by atoms with Gasteiger partial charge in [0.1, 0.15) is 11.6 Å². The van der Waals surface area contributed by atoms with E-state index in [1.165, 1.54) is 12.1 Å². The minimum absolute atomic E-state index is 0.0291. The number of nitrogens with one attached hydrogen (secondary N) is 1. The molecule has 0 radical (unpaired) electrons. The topological polar surface area (TPSA) is 62.5 Å². The molecule has 0 unspecified atom stereocenters. The van der Waals surface area contributed by atoms with Crippen LogP contribution in [0.5, 0.6) is 0 Å². The summed E-state index contributed by atoms with van der Waals surface area (Å²) < 4.78 is 17.9. The zero-order chi connectivity index (χ0) is 13.8. The lowest BCUT2D eigenvalue weighted by molar-refractivity contribution is 0.0659. The molecule has 0 fully saturated rings. The summed E-state index contributed by atoms with van der Waals surface area (Å²) in [6.45, 7) is 2.67. The number of carboxylic acids is 1. The van der Waals surface area contributed by atoms with E-state index in [1.807, 2.05) is 0 Å². The Kier molecular flexibility index (Phi) is 3.97. The minimum Gasteiger partial charge on any atom is -0.475 e. The van der Waals surface area contributed by atoms with Crippen molar-refractivity contribution in [3.8, 4) is 0 Å². The van der Waals surface area contributed by atoms with Crippen molar-refractivity contribution < 1.29 is 18.7 Å². The fraction of sp³-hybridized carbons (Fsp3) is 0.214. The molecule has 0 amide bonds. The summed E-state index contributed by atoms with van der Waals surface area (Å²) in [4.78, 5) is 10.8. The third-order valence-electron chi connectivity index (χ3n) is 2.70. The summed E-state index contributed by atoms with van der Waals surface area (Å²) >= 11 is 0. The molecule has 1 aromatic carbocycles. The highest BCUT2D eigenvalue weighted by molar-refractivity contribution is 5.86. The number of benzene rings is 1. The van der Waals surface area contributed by atoms with Gasteiger partial charge in [-0.15, -0.1) is 0 Å². The molecule has 0 aliphatic rings. The average molecular weight is 263 g/mol. The summed E-state index contributed by atoms with van der Waals surface area (Å²) in [7, 11) is 0. The maximum atomic E-state index is 12.7. The van der Waals surface area contributed by atoms with Crippen LogP contribution < -0.4 is 5.32 Å². The van der Waals surface area contributed by atoms with E-state index in [1.54, 1.807) is 25.1 Å². The second-order valence-corrected chi connectivity index (χ2v) is 4.26. The van der Waals surface area contributed by atoms with E-state index in [9.17, 15) is 9.18 Å². The number of aromatic carboxylic acids is 1. The van der Waals surface area contributed by atoms with Gasteiger partial charge >= 0.3 is 5.97 Å². The SMILES string of the molecule is Cc1cc(CNCc2ccc(F)cc2)oc1C(=O)O. The largest absolute Gasteiger partial charge is 0.475 e. The Morgan fingerprint density at radius 1 is 1.32 bits per heavy atom. The van der Waals surface area contributed by atoms with Crippen molar-refractivity contribution in [1.82, 2.24) is 5.32 Å². The molecule has 100 valence electrons. The molecular formula is C14H14FNO3. The molecule has 0 aliphatic carbocycles. The predicted molar refractivity (Wildman–Crippen MR) is 67.3 cm³/mol. The predicted octanol–water partition coefficient (Wildman–Crippen LogP) is 2.72. The Hall–Kier alpha value is -2.14. The van der Waals surface area contributed by atoms with Crippen LogP contribution in [0.1, 0.15) is 27.4 Å². The number of aryl methyl sites for hydroxylation is 1. The van der Waals surface area contributed by atoms with Gasteiger partial charge in [0, 0.05) is 12.1 Å². The van der Waals surface area contributed by atoms with Crippen molar-refractivity contribution in [2.75, 3.05) is 0 Å². The van der Waals surface area contributed by atoms with Crippen LogP contribution in [0.15, 0.2) is 34.7 Å². The van der Waals surface area contributed by atoms with E-state index in [0.717, 1.165) is 5.56 Å². The number of hydrogen-bond acceptors (Lipinski definition) is 3. The molecule has 19 heavy (non-hydrogen) atoms. The van der Waals surface area contributed by atoms with Crippen LogP contribution in [0.25, 0.3) is 0 Å². The first-order chi connectivity index (χ1) is 9.06. The van der Waals surface area contributed by atoms with Gasteiger partial charge in [-0.3, -0.25) is 0 Å². The average Bonchev–Trinajstić information content (AvgIpc) is 2.73. The van der Waals surface area contributed by atoms with Gasteiger partial charge in [-0.05, 0) is 30.7 Å². The van der Waals surface area contributed by atoms with Gasteiger partial charge in [0.05, 0.1) is 6.54 Å². The first-order valence-corrected chi connectivity index (χ1v) is 5.84. The zero-order valence-electron chi connectivity index (χ0n) is 10.4. The van der Waals surface area contributed by atoms with Gasteiger partial charge in [-0.1, -0.05) is 12.1 Å². The summed E-state index contributed by atoms with van der Waals surface area (Å²) in [6.07, 6.45) is 0. The van der Waals surface area contributed by atoms with E-state index in [-0.39, 0.29) is 11.6 Å².